The van der Waals surface area contributed by atoms with Crippen LogP contribution in [0.25, 0.3) is 0 Å². The van der Waals surface area contributed by atoms with Crippen molar-refractivity contribution in [1.29, 1.82) is 0 Å². The summed E-state index contributed by atoms with van der Waals surface area (Å²) in [4.78, 5) is 13.7. The highest BCUT2D eigenvalue weighted by atomic mass is 16.6. The van der Waals surface area contributed by atoms with Crippen LogP contribution in [0, 0.1) is 6.92 Å². The lowest BCUT2D eigenvalue weighted by molar-refractivity contribution is 0.0380. The van der Waals surface area contributed by atoms with Gasteiger partial charge in [-0.2, -0.15) is 0 Å². The van der Waals surface area contributed by atoms with Crippen molar-refractivity contribution in [3.8, 4) is 0 Å². The van der Waals surface area contributed by atoms with Gasteiger partial charge in [0.15, 0.2) is 5.69 Å². The first-order chi connectivity index (χ1) is 8.56. The Hall–Kier alpha value is -1.47. The first kappa shape index (κ1) is 14.6. The fourth-order valence-corrected chi connectivity index (χ4v) is 1.34. The molecule has 1 heterocycles. The van der Waals surface area contributed by atoms with Crippen LogP contribution in [-0.4, -0.2) is 66.8 Å². The number of nitrogens with zero attached hydrogens (tertiary/aromatic N) is 4. The van der Waals surface area contributed by atoms with Crippen molar-refractivity contribution in [3.63, 3.8) is 0 Å². The van der Waals surface area contributed by atoms with Crippen molar-refractivity contribution in [1.82, 2.24) is 19.9 Å². The van der Waals surface area contributed by atoms with Crippen molar-refractivity contribution in [3.05, 3.63) is 11.4 Å². The van der Waals surface area contributed by atoms with Gasteiger partial charge in [0.05, 0.1) is 18.8 Å². The highest BCUT2D eigenvalue weighted by Crippen LogP contribution is 2.05. The molecule has 1 aromatic heterocycles. The Bertz CT molecular complexity index is 390. The van der Waals surface area contributed by atoms with Crippen LogP contribution in [-0.2, 0) is 16.0 Å². The van der Waals surface area contributed by atoms with Crippen LogP contribution < -0.4 is 0 Å². The standard InChI is InChI=1S/C11H20N4O3/c1-9-10(11(16)18-8-7-17-4)12-13-15(9)6-5-14(2)3/h5-8H2,1-4H3. The van der Waals surface area contributed by atoms with Crippen LogP contribution in [0.1, 0.15) is 16.2 Å². The summed E-state index contributed by atoms with van der Waals surface area (Å²) in [5.41, 5.74) is 0.990. The van der Waals surface area contributed by atoms with Gasteiger partial charge in [-0.05, 0) is 21.0 Å². The van der Waals surface area contributed by atoms with Gasteiger partial charge < -0.3 is 14.4 Å². The largest absolute Gasteiger partial charge is 0.458 e. The molecule has 1 rings (SSSR count). The van der Waals surface area contributed by atoms with Gasteiger partial charge >= 0.3 is 5.97 Å². The van der Waals surface area contributed by atoms with Gasteiger partial charge in [0, 0.05) is 13.7 Å². The third-order valence-electron chi connectivity index (χ3n) is 2.46. The molecule has 0 saturated heterocycles. The molecule has 0 spiro atoms. The minimum atomic E-state index is -0.458. The SMILES string of the molecule is COCCOC(=O)c1nnn(CCN(C)C)c1C. The second kappa shape index (κ2) is 7.07. The predicted octanol–water partition coefficient (Wildman–Crippen LogP) is -0.0487. The van der Waals surface area contributed by atoms with Crippen molar-refractivity contribution >= 4 is 5.97 Å². The Morgan fingerprint density at radius 1 is 1.39 bits per heavy atom. The van der Waals surface area contributed by atoms with Crippen molar-refractivity contribution in [2.75, 3.05) is 41.0 Å². The fourth-order valence-electron chi connectivity index (χ4n) is 1.34. The van der Waals surface area contributed by atoms with E-state index in [0.29, 0.717) is 13.2 Å². The number of carbonyl (C=O) groups excluding carboxylic acids is 1. The monoisotopic (exact) mass is 256 g/mol. The van der Waals surface area contributed by atoms with E-state index in [0.717, 1.165) is 12.2 Å². The summed E-state index contributed by atoms with van der Waals surface area (Å²) in [7, 11) is 5.51. The summed E-state index contributed by atoms with van der Waals surface area (Å²) in [6.07, 6.45) is 0. The van der Waals surface area contributed by atoms with Crippen LogP contribution in [0.15, 0.2) is 0 Å². The summed E-state index contributed by atoms with van der Waals surface area (Å²) in [5, 5.41) is 7.80. The normalized spacial score (nSPS) is 10.9. The number of ether oxygens (including phenoxy) is 2. The predicted molar refractivity (Wildman–Crippen MR) is 65.5 cm³/mol. The van der Waals surface area contributed by atoms with E-state index in [1.165, 1.54) is 0 Å². The number of esters is 1. The van der Waals surface area contributed by atoms with E-state index in [1.807, 2.05) is 25.9 Å². The molecular formula is C11H20N4O3. The molecule has 18 heavy (non-hydrogen) atoms. The number of carbonyl (C=O) groups is 1. The lowest BCUT2D eigenvalue weighted by Crippen LogP contribution is -2.20. The molecule has 0 aromatic carbocycles. The van der Waals surface area contributed by atoms with Gasteiger partial charge in [-0.25, -0.2) is 9.48 Å². The molecule has 0 radical (unpaired) electrons. The number of rotatable bonds is 7. The van der Waals surface area contributed by atoms with E-state index < -0.39 is 5.97 Å². The summed E-state index contributed by atoms with van der Waals surface area (Å²) in [6, 6.07) is 0. The molecule has 0 N–H and O–H groups in total. The Morgan fingerprint density at radius 2 is 2.11 bits per heavy atom. The van der Waals surface area contributed by atoms with E-state index in [1.54, 1.807) is 11.8 Å². The molecule has 0 aliphatic carbocycles. The van der Waals surface area contributed by atoms with Crippen LogP contribution in [0.4, 0.5) is 0 Å². The van der Waals surface area contributed by atoms with Gasteiger partial charge in [-0.15, -0.1) is 5.10 Å². The Kier molecular flexibility index (Phi) is 5.73. The van der Waals surface area contributed by atoms with E-state index in [9.17, 15) is 4.79 Å². The smallest absolute Gasteiger partial charge is 0.360 e. The zero-order valence-corrected chi connectivity index (χ0v) is 11.3. The number of hydrogen-bond donors (Lipinski definition) is 0. The Balaban J connectivity index is 2.59. The quantitative estimate of drug-likeness (QED) is 0.503. The second-order valence-corrected chi connectivity index (χ2v) is 4.18. The van der Waals surface area contributed by atoms with Crippen molar-refractivity contribution in [2.45, 2.75) is 13.5 Å². The van der Waals surface area contributed by atoms with E-state index >= 15 is 0 Å². The number of hydrogen-bond acceptors (Lipinski definition) is 6. The second-order valence-electron chi connectivity index (χ2n) is 4.18. The summed E-state index contributed by atoms with van der Waals surface area (Å²) >= 11 is 0. The summed E-state index contributed by atoms with van der Waals surface area (Å²) in [5.74, 6) is -0.458. The van der Waals surface area contributed by atoms with E-state index in [4.69, 9.17) is 9.47 Å². The first-order valence-electron chi connectivity index (χ1n) is 5.77. The number of likely N-dealkylation sites (N-methyl/N-ethyl adjacent to an activating group) is 1. The van der Waals surface area contributed by atoms with Crippen LogP contribution in [0.5, 0.6) is 0 Å². The average molecular weight is 256 g/mol. The van der Waals surface area contributed by atoms with Gasteiger partial charge in [-0.3, -0.25) is 0 Å². The lowest BCUT2D eigenvalue weighted by atomic mass is 10.3. The fraction of sp³-hybridized carbons (Fsp3) is 0.727. The summed E-state index contributed by atoms with van der Waals surface area (Å²) < 4.78 is 11.5. The molecule has 0 atom stereocenters. The molecule has 0 aliphatic rings. The van der Waals surface area contributed by atoms with E-state index in [-0.39, 0.29) is 12.3 Å². The number of methoxy groups -OCH3 is 1. The summed E-state index contributed by atoms with van der Waals surface area (Å²) in [6.45, 7) is 3.93. The molecule has 0 aliphatic heterocycles. The van der Waals surface area contributed by atoms with Gasteiger partial charge in [0.2, 0.25) is 0 Å². The highest BCUT2D eigenvalue weighted by molar-refractivity contribution is 5.88. The van der Waals surface area contributed by atoms with Gasteiger partial charge in [0.1, 0.15) is 6.61 Å². The molecule has 0 amide bonds. The molecule has 0 bridgehead atoms. The molecule has 0 saturated carbocycles. The molecule has 1 aromatic rings. The van der Waals surface area contributed by atoms with Crippen LogP contribution >= 0.6 is 0 Å². The van der Waals surface area contributed by atoms with Gasteiger partial charge in [0.25, 0.3) is 0 Å². The maximum absolute atomic E-state index is 11.7. The van der Waals surface area contributed by atoms with Crippen LogP contribution in [0.2, 0.25) is 0 Å². The molecule has 0 unspecified atom stereocenters. The molecule has 0 fully saturated rings. The van der Waals surface area contributed by atoms with Crippen molar-refractivity contribution in [2.24, 2.45) is 0 Å². The maximum atomic E-state index is 11.7. The maximum Gasteiger partial charge on any atom is 0.360 e. The number of aromatic nitrogens is 3. The first-order valence-corrected chi connectivity index (χ1v) is 5.77. The molecule has 7 nitrogen and oxygen atoms in total. The van der Waals surface area contributed by atoms with Crippen molar-refractivity contribution < 1.29 is 14.3 Å². The van der Waals surface area contributed by atoms with E-state index in [2.05, 4.69) is 10.3 Å². The average Bonchev–Trinajstić information content (AvgIpc) is 2.68. The lowest BCUT2D eigenvalue weighted by Gasteiger charge is -2.09. The van der Waals surface area contributed by atoms with Crippen LogP contribution in [0.3, 0.4) is 0 Å². The third kappa shape index (κ3) is 4.08. The Morgan fingerprint density at radius 3 is 2.72 bits per heavy atom. The third-order valence-corrected chi connectivity index (χ3v) is 2.46. The highest BCUT2D eigenvalue weighted by Gasteiger charge is 2.17. The Labute approximate surface area is 107 Å². The topological polar surface area (TPSA) is 69.5 Å². The molecular weight excluding hydrogens is 236 g/mol. The minimum Gasteiger partial charge on any atom is -0.458 e. The minimum absolute atomic E-state index is 0.222. The zero-order valence-electron chi connectivity index (χ0n) is 11.3. The zero-order chi connectivity index (χ0) is 13.5. The van der Waals surface area contributed by atoms with Gasteiger partial charge in [-0.1, -0.05) is 5.21 Å². The molecule has 7 heteroatoms. The molecule has 102 valence electrons.